The van der Waals surface area contributed by atoms with Gasteiger partial charge in [-0.25, -0.2) is 0 Å². The van der Waals surface area contributed by atoms with Crippen molar-refractivity contribution in [3.8, 4) is 0 Å². The molecular formula is C34H66O5Si3. The van der Waals surface area contributed by atoms with Crippen LogP contribution >= 0.6 is 0 Å². The largest absolute Gasteiger partial charge is 0.469 e. The summed E-state index contributed by atoms with van der Waals surface area (Å²) in [5.41, 5.74) is 0.430. The first-order valence-electron chi connectivity index (χ1n) is 17.3. The first-order valence-corrected chi connectivity index (χ1v) is 27.5. The molecule has 4 fully saturated rings. The molecule has 5 nitrogen and oxygen atoms in total. The molecule has 0 N–H and O–H groups in total. The molecule has 4 aliphatic carbocycles. The average Bonchev–Trinajstić information content (AvgIpc) is 3.19. The lowest BCUT2D eigenvalue weighted by Gasteiger charge is -2.66. The van der Waals surface area contributed by atoms with Crippen LogP contribution < -0.4 is 0 Å². The van der Waals surface area contributed by atoms with Gasteiger partial charge in [0.1, 0.15) is 0 Å². The maximum atomic E-state index is 12.1. The van der Waals surface area contributed by atoms with E-state index in [1.165, 1.54) is 52.1 Å². The molecule has 11 atom stereocenters. The van der Waals surface area contributed by atoms with E-state index in [1.807, 2.05) is 0 Å². The summed E-state index contributed by atoms with van der Waals surface area (Å²) in [5.74, 6) is 3.45. The molecule has 0 aromatic rings. The average molecular weight is 639 g/mol. The Kier molecular flexibility index (Phi) is 10.2. The Bertz CT molecular complexity index is 954. The second-order valence-electron chi connectivity index (χ2n) is 18.2. The summed E-state index contributed by atoms with van der Waals surface area (Å²) in [6, 6.07) is 0. The Labute approximate surface area is 262 Å². The topological polar surface area (TPSA) is 54.0 Å². The molecule has 4 saturated carbocycles. The smallest absolute Gasteiger partial charge is 0.305 e. The molecule has 0 aliphatic heterocycles. The monoisotopic (exact) mass is 638 g/mol. The van der Waals surface area contributed by atoms with Crippen molar-refractivity contribution in [3.05, 3.63) is 0 Å². The van der Waals surface area contributed by atoms with Gasteiger partial charge in [0.05, 0.1) is 13.2 Å². The Morgan fingerprint density at radius 1 is 0.810 bits per heavy atom. The molecule has 42 heavy (non-hydrogen) atoms. The summed E-state index contributed by atoms with van der Waals surface area (Å²) in [7, 11) is -3.61. The molecule has 0 aromatic heterocycles. The molecule has 4 aliphatic rings. The number of carbonyl (C=O) groups is 1. The van der Waals surface area contributed by atoms with Crippen LogP contribution in [0.3, 0.4) is 0 Å². The molecule has 4 rings (SSSR count). The summed E-state index contributed by atoms with van der Waals surface area (Å²) in [6.07, 6.45) is 11.0. The van der Waals surface area contributed by atoms with Crippen molar-refractivity contribution < 1.29 is 22.8 Å². The second kappa shape index (κ2) is 12.3. The summed E-state index contributed by atoms with van der Waals surface area (Å²) >= 11 is 0. The highest BCUT2D eigenvalue weighted by molar-refractivity contribution is 6.70. The molecule has 244 valence electrons. The van der Waals surface area contributed by atoms with E-state index in [2.05, 4.69) is 79.7 Å². The van der Waals surface area contributed by atoms with Gasteiger partial charge in [-0.3, -0.25) is 4.79 Å². The first-order chi connectivity index (χ1) is 19.2. The minimum absolute atomic E-state index is 0.0799. The first kappa shape index (κ1) is 34.9. The van der Waals surface area contributed by atoms with Gasteiger partial charge in [0.2, 0.25) is 0 Å². The number of rotatable bonds is 10. The van der Waals surface area contributed by atoms with Crippen molar-refractivity contribution >= 4 is 30.9 Å². The van der Waals surface area contributed by atoms with Gasteiger partial charge in [0.25, 0.3) is 0 Å². The Morgan fingerprint density at radius 2 is 1.43 bits per heavy atom. The lowest BCUT2D eigenvalue weighted by Crippen LogP contribution is -2.64. The molecule has 0 radical (unpaired) electrons. The van der Waals surface area contributed by atoms with Crippen LogP contribution in [-0.4, -0.2) is 56.3 Å². The van der Waals surface area contributed by atoms with Crippen LogP contribution in [0.2, 0.25) is 58.9 Å². The molecule has 8 unspecified atom stereocenters. The van der Waals surface area contributed by atoms with E-state index in [-0.39, 0.29) is 17.5 Å². The van der Waals surface area contributed by atoms with Gasteiger partial charge in [-0.15, -0.1) is 0 Å². The predicted octanol–water partition coefficient (Wildman–Crippen LogP) is 9.11. The van der Waals surface area contributed by atoms with Crippen LogP contribution in [-0.2, 0) is 22.8 Å². The van der Waals surface area contributed by atoms with Crippen LogP contribution in [0.25, 0.3) is 0 Å². The number of ether oxygens (including phenoxy) is 1. The van der Waals surface area contributed by atoms with Crippen LogP contribution in [0.1, 0.15) is 78.6 Å². The van der Waals surface area contributed by atoms with Gasteiger partial charge in [0, 0.05) is 18.6 Å². The van der Waals surface area contributed by atoms with Crippen LogP contribution in [0.5, 0.6) is 0 Å². The third kappa shape index (κ3) is 7.35. The fourth-order valence-electron chi connectivity index (χ4n) is 10.5. The number of esters is 1. The molecule has 0 heterocycles. The van der Waals surface area contributed by atoms with Crippen molar-refractivity contribution in [1.29, 1.82) is 0 Å². The van der Waals surface area contributed by atoms with Crippen molar-refractivity contribution in [1.82, 2.24) is 0 Å². The Hall–Kier alpha value is 0.000649. The maximum Gasteiger partial charge on any atom is 0.305 e. The molecule has 0 aromatic carbocycles. The van der Waals surface area contributed by atoms with Crippen LogP contribution in [0.15, 0.2) is 0 Å². The number of carbonyl (C=O) groups excluding carboxylic acids is 1. The van der Waals surface area contributed by atoms with Gasteiger partial charge < -0.3 is 18.0 Å². The Morgan fingerprint density at radius 3 is 2.00 bits per heavy atom. The normalized spacial score (nSPS) is 41.5. The number of hydrogen-bond acceptors (Lipinski definition) is 5. The van der Waals surface area contributed by atoms with Gasteiger partial charge in [0.15, 0.2) is 25.0 Å². The van der Waals surface area contributed by atoms with Gasteiger partial charge in [-0.2, -0.15) is 0 Å². The highest BCUT2D eigenvalue weighted by atomic mass is 28.4. The van der Waals surface area contributed by atoms with E-state index in [1.54, 1.807) is 0 Å². The van der Waals surface area contributed by atoms with E-state index >= 15 is 0 Å². The second-order valence-corrected chi connectivity index (χ2v) is 31.6. The van der Waals surface area contributed by atoms with Gasteiger partial charge >= 0.3 is 5.97 Å². The zero-order chi connectivity index (χ0) is 31.5. The number of fused-ring (bicyclic) bond motifs is 5. The minimum Gasteiger partial charge on any atom is -0.469 e. The van der Waals surface area contributed by atoms with Crippen molar-refractivity contribution in [2.45, 2.75) is 156 Å². The third-order valence-corrected chi connectivity index (χ3v) is 15.0. The van der Waals surface area contributed by atoms with E-state index in [4.69, 9.17) is 18.0 Å². The minimum atomic E-state index is -1.79. The molecule has 0 amide bonds. The highest BCUT2D eigenvalue weighted by Crippen LogP contribution is 2.69. The maximum absolute atomic E-state index is 12.1. The van der Waals surface area contributed by atoms with Crippen LogP contribution in [0, 0.1) is 46.3 Å². The third-order valence-electron chi connectivity index (χ3n) is 12.0. The molecular weight excluding hydrogens is 573 g/mol. The lowest BCUT2D eigenvalue weighted by atomic mass is 9.43. The molecule has 0 spiro atoms. The van der Waals surface area contributed by atoms with E-state index in [0.29, 0.717) is 59.6 Å². The van der Waals surface area contributed by atoms with E-state index < -0.39 is 25.0 Å². The van der Waals surface area contributed by atoms with E-state index in [9.17, 15) is 4.79 Å². The highest BCUT2D eigenvalue weighted by Gasteiger charge is 2.67. The number of methoxy groups -OCH3 is 1. The standard InChI is InChI=1S/C34H66O5Si3/c1-23(14-17-31(35)36-4)26-15-16-27-32-28(22-30(34(26,27)3)39-42(11,12)13)33(2)19-18-25(37-40(5,6)7)20-24(33)21-29(32)38-41(8,9)10/h23-30,32H,14-22H2,1-13H3/t23?,24-,25+,26?,27?,28?,29?,30-,32?,33?,34?/m0/s1. The van der Waals surface area contributed by atoms with Gasteiger partial charge in [-0.05, 0) is 157 Å². The van der Waals surface area contributed by atoms with Crippen LogP contribution in [0.4, 0.5) is 0 Å². The predicted molar refractivity (Wildman–Crippen MR) is 181 cm³/mol. The lowest BCUT2D eigenvalue weighted by molar-refractivity contribution is -0.199. The van der Waals surface area contributed by atoms with Crippen molar-refractivity contribution in [2.24, 2.45) is 46.3 Å². The SMILES string of the molecule is COC(=O)CCC(C)C1CCC2C3C(O[Si](C)(C)C)C[C@@H]4C[C@H](O[Si](C)(C)C)CCC4(C)C3C[C@H](O[Si](C)(C)C)C12C. The molecule has 0 bridgehead atoms. The Balaban J connectivity index is 1.72. The fourth-order valence-corrected chi connectivity index (χ4v) is 14.1. The van der Waals surface area contributed by atoms with Crippen molar-refractivity contribution in [3.63, 3.8) is 0 Å². The summed E-state index contributed by atoms with van der Waals surface area (Å²) < 4.78 is 26.4. The summed E-state index contributed by atoms with van der Waals surface area (Å²) in [4.78, 5) is 12.1. The molecule has 0 saturated heterocycles. The number of hydrogen-bond donors (Lipinski definition) is 0. The van der Waals surface area contributed by atoms with Crippen molar-refractivity contribution in [2.75, 3.05) is 7.11 Å². The zero-order valence-corrected chi connectivity index (χ0v) is 32.6. The summed E-state index contributed by atoms with van der Waals surface area (Å²) in [5, 5.41) is 0. The van der Waals surface area contributed by atoms with E-state index in [0.717, 1.165) is 6.42 Å². The quantitative estimate of drug-likeness (QED) is 0.176. The van der Waals surface area contributed by atoms with Gasteiger partial charge in [-0.1, -0.05) is 20.8 Å². The molecule has 8 heteroatoms. The fraction of sp³-hybridized carbons (Fsp3) is 0.971. The zero-order valence-electron chi connectivity index (χ0n) is 29.6. The summed E-state index contributed by atoms with van der Waals surface area (Å²) in [6.45, 7) is 29.0.